The second kappa shape index (κ2) is 7.01. The van der Waals surface area contributed by atoms with Crippen molar-refractivity contribution in [2.45, 2.75) is 12.5 Å². The van der Waals surface area contributed by atoms with E-state index >= 15 is 0 Å². The van der Waals surface area contributed by atoms with E-state index in [1.807, 2.05) is 12.1 Å². The van der Waals surface area contributed by atoms with Crippen LogP contribution >= 0.6 is 11.3 Å². The van der Waals surface area contributed by atoms with Crippen LogP contribution < -0.4 is 21.7 Å². The van der Waals surface area contributed by atoms with Crippen molar-refractivity contribution >= 4 is 33.6 Å². The number of carbonyl (C=O) groups is 1. The molecule has 1 amide bonds. The first-order valence-electron chi connectivity index (χ1n) is 8.67. The summed E-state index contributed by atoms with van der Waals surface area (Å²) in [5, 5.41) is 7.90. The van der Waals surface area contributed by atoms with Crippen LogP contribution in [-0.4, -0.2) is 39.8 Å². The highest BCUT2D eigenvalue weighted by Gasteiger charge is 2.21. The van der Waals surface area contributed by atoms with Gasteiger partial charge >= 0.3 is 0 Å². The molecule has 0 bridgehead atoms. The number of nitrogen functional groups attached to an aromatic ring is 1. The molecule has 1 atom stereocenters. The number of nitrogens with two attached hydrogens (primary N) is 2. The lowest BCUT2D eigenvalue weighted by atomic mass is 10.2. The van der Waals surface area contributed by atoms with Crippen LogP contribution in [0.3, 0.4) is 0 Å². The van der Waals surface area contributed by atoms with E-state index in [9.17, 15) is 4.79 Å². The molecule has 0 spiro atoms. The number of carbonyl (C=O) groups excluding carboxylic acids is 1. The van der Waals surface area contributed by atoms with Crippen molar-refractivity contribution in [2.75, 3.05) is 29.0 Å². The third kappa shape index (κ3) is 3.64. The maximum atomic E-state index is 12.5. The van der Waals surface area contributed by atoms with Crippen LogP contribution in [0.5, 0.6) is 0 Å². The molecular weight excluding hydrogens is 362 g/mol. The zero-order valence-corrected chi connectivity index (χ0v) is 15.7. The van der Waals surface area contributed by atoms with Crippen LogP contribution in [0.4, 0.5) is 16.4 Å². The highest BCUT2D eigenvalue weighted by molar-refractivity contribution is 7.19. The van der Waals surface area contributed by atoms with Gasteiger partial charge in [0.05, 0.1) is 11.9 Å². The van der Waals surface area contributed by atoms with Gasteiger partial charge in [-0.25, -0.2) is 4.98 Å². The molecule has 9 heteroatoms. The zero-order chi connectivity index (χ0) is 19.0. The molecule has 140 valence electrons. The summed E-state index contributed by atoms with van der Waals surface area (Å²) in [6.45, 7) is 1.80. The minimum atomic E-state index is -0.343. The third-order valence-corrected chi connectivity index (χ3v) is 5.45. The molecule has 3 aromatic rings. The third-order valence-electron chi connectivity index (χ3n) is 4.51. The SMILES string of the molecule is Cn1cc(NC(=O)c2nc(-c3cccc(N4CCC(N)C4)c3)sc2N)cn1. The predicted octanol–water partition coefficient (Wildman–Crippen LogP) is 1.92. The minimum absolute atomic E-state index is 0.215. The maximum absolute atomic E-state index is 12.5. The Bertz CT molecular complexity index is 980. The number of aromatic nitrogens is 3. The Kier molecular flexibility index (Phi) is 4.54. The molecule has 1 saturated heterocycles. The molecule has 2 aromatic heterocycles. The average Bonchev–Trinajstić information content (AvgIpc) is 3.35. The van der Waals surface area contributed by atoms with Gasteiger partial charge in [0.2, 0.25) is 0 Å². The summed E-state index contributed by atoms with van der Waals surface area (Å²) in [6, 6.07) is 8.31. The minimum Gasteiger partial charge on any atom is -0.389 e. The van der Waals surface area contributed by atoms with Crippen molar-refractivity contribution in [1.82, 2.24) is 14.8 Å². The summed E-state index contributed by atoms with van der Waals surface area (Å²) in [5.41, 5.74) is 15.0. The highest BCUT2D eigenvalue weighted by atomic mass is 32.1. The molecule has 1 aliphatic heterocycles. The fraction of sp³-hybridized carbons (Fsp3) is 0.278. The number of thiazole rings is 1. The maximum Gasteiger partial charge on any atom is 0.277 e. The molecule has 5 N–H and O–H groups in total. The van der Waals surface area contributed by atoms with Gasteiger partial charge in [0.25, 0.3) is 5.91 Å². The van der Waals surface area contributed by atoms with Crippen molar-refractivity contribution in [3.8, 4) is 10.6 Å². The van der Waals surface area contributed by atoms with Crippen LogP contribution in [0.15, 0.2) is 36.7 Å². The van der Waals surface area contributed by atoms with Crippen molar-refractivity contribution < 1.29 is 4.79 Å². The molecule has 3 heterocycles. The normalized spacial score (nSPS) is 16.7. The topological polar surface area (TPSA) is 115 Å². The number of benzene rings is 1. The van der Waals surface area contributed by atoms with Gasteiger partial charge in [0.1, 0.15) is 10.0 Å². The molecule has 27 heavy (non-hydrogen) atoms. The van der Waals surface area contributed by atoms with Gasteiger partial charge in [-0.15, -0.1) is 0 Å². The molecular formula is C18H21N7OS. The van der Waals surface area contributed by atoms with Gasteiger partial charge in [-0.2, -0.15) is 5.10 Å². The van der Waals surface area contributed by atoms with Gasteiger partial charge in [0.15, 0.2) is 5.69 Å². The standard InChI is InChI=1S/C18H21N7OS/c1-24-10-13(8-21-24)22-17(26)15-16(20)27-18(23-15)11-3-2-4-14(7-11)25-6-5-12(19)9-25/h2-4,7-8,10,12H,5-6,9,19-20H2,1H3,(H,22,26). The van der Waals surface area contributed by atoms with Crippen LogP contribution in [0.25, 0.3) is 10.6 Å². The Morgan fingerprint density at radius 3 is 2.96 bits per heavy atom. The molecule has 0 saturated carbocycles. The van der Waals surface area contributed by atoms with Gasteiger partial charge in [-0.05, 0) is 18.6 Å². The van der Waals surface area contributed by atoms with Crippen LogP contribution in [0, 0.1) is 0 Å². The number of anilines is 3. The predicted molar refractivity (Wildman–Crippen MR) is 108 cm³/mol. The van der Waals surface area contributed by atoms with E-state index in [1.54, 1.807) is 24.1 Å². The quantitative estimate of drug-likeness (QED) is 0.634. The summed E-state index contributed by atoms with van der Waals surface area (Å²) < 4.78 is 1.61. The Morgan fingerprint density at radius 1 is 1.41 bits per heavy atom. The summed E-state index contributed by atoms with van der Waals surface area (Å²) in [4.78, 5) is 19.2. The number of hydrogen-bond acceptors (Lipinski definition) is 7. The first-order valence-corrected chi connectivity index (χ1v) is 9.48. The average molecular weight is 383 g/mol. The van der Waals surface area contributed by atoms with E-state index in [4.69, 9.17) is 11.5 Å². The molecule has 1 aromatic carbocycles. The Morgan fingerprint density at radius 2 is 2.26 bits per heavy atom. The summed E-state index contributed by atoms with van der Waals surface area (Å²) in [7, 11) is 1.78. The van der Waals surface area contributed by atoms with Crippen molar-refractivity contribution in [3.05, 3.63) is 42.4 Å². The van der Waals surface area contributed by atoms with E-state index in [1.165, 1.54) is 11.3 Å². The molecule has 8 nitrogen and oxygen atoms in total. The van der Waals surface area contributed by atoms with Crippen molar-refractivity contribution in [1.29, 1.82) is 0 Å². The smallest absolute Gasteiger partial charge is 0.277 e. The van der Waals surface area contributed by atoms with E-state index < -0.39 is 0 Å². The molecule has 0 aliphatic carbocycles. The van der Waals surface area contributed by atoms with Gasteiger partial charge in [0, 0.05) is 43.6 Å². The van der Waals surface area contributed by atoms with E-state index in [2.05, 4.69) is 32.4 Å². The molecule has 0 radical (unpaired) electrons. The van der Waals surface area contributed by atoms with Crippen molar-refractivity contribution in [2.24, 2.45) is 12.8 Å². The van der Waals surface area contributed by atoms with Crippen LogP contribution in [-0.2, 0) is 7.05 Å². The Balaban J connectivity index is 1.57. The first kappa shape index (κ1) is 17.5. The molecule has 1 fully saturated rings. The van der Waals surface area contributed by atoms with Crippen LogP contribution in [0.2, 0.25) is 0 Å². The van der Waals surface area contributed by atoms with E-state index in [0.29, 0.717) is 15.7 Å². The summed E-state index contributed by atoms with van der Waals surface area (Å²) >= 11 is 1.31. The van der Waals surface area contributed by atoms with Crippen LogP contribution in [0.1, 0.15) is 16.9 Å². The number of rotatable bonds is 4. The fourth-order valence-electron chi connectivity index (χ4n) is 3.15. The second-order valence-corrected chi connectivity index (χ2v) is 7.66. The fourth-order valence-corrected chi connectivity index (χ4v) is 3.98. The second-order valence-electron chi connectivity index (χ2n) is 6.63. The lowest BCUT2D eigenvalue weighted by Crippen LogP contribution is -2.26. The number of amides is 1. The van der Waals surface area contributed by atoms with Gasteiger partial charge in [-0.1, -0.05) is 23.5 Å². The Labute approximate surface area is 160 Å². The highest BCUT2D eigenvalue weighted by Crippen LogP contribution is 2.33. The lowest BCUT2D eigenvalue weighted by molar-refractivity contribution is 0.102. The zero-order valence-electron chi connectivity index (χ0n) is 14.9. The Hall–Kier alpha value is -2.91. The monoisotopic (exact) mass is 383 g/mol. The number of nitrogens with one attached hydrogen (secondary N) is 1. The summed E-state index contributed by atoms with van der Waals surface area (Å²) in [5.74, 6) is -0.343. The molecule has 4 rings (SSSR count). The number of hydrogen-bond donors (Lipinski definition) is 3. The summed E-state index contributed by atoms with van der Waals surface area (Å²) in [6.07, 6.45) is 4.28. The van der Waals surface area contributed by atoms with Gasteiger partial charge < -0.3 is 21.7 Å². The molecule has 1 unspecified atom stereocenters. The van der Waals surface area contributed by atoms with E-state index in [0.717, 1.165) is 30.8 Å². The molecule has 1 aliphatic rings. The largest absolute Gasteiger partial charge is 0.389 e. The van der Waals surface area contributed by atoms with Gasteiger partial charge in [-0.3, -0.25) is 9.48 Å². The van der Waals surface area contributed by atoms with E-state index in [-0.39, 0.29) is 17.6 Å². The number of nitrogens with zero attached hydrogens (tertiary/aromatic N) is 4. The first-order chi connectivity index (χ1) is 13.0. The van der Waals surface area contributed by atoms with Crippen molar-refractivity contribution in [3.63, 3.8) is 0 Å². The lowest BCUT2D eigenvalue weighted by Gasteiger charge is -2.18. The number of aryl methyl sites for hydroxylation is 1.